The van der Waals surface area contributed by atoms with Gasteiger partial charge in [-0.2, -0.15) is 0 Å². The van der Waals surface area contributed by atoms with Crippen LogP contribution < -0.4 is 5.32 Å². The first-order valence-electron chi connectivity index (χ1n) is 5.80. The number of benzene rings is 1. The zero-order chi connectivity index (χ0) is 13.8. The van der Waals surface area contributed by atoms with Crippen LogP contribution in [0.15, 0.2) is 24.3 Å². The first kappa shape index (κ1) is 13.2. The van der Waals surface area contributed by atoms with E-state index in [1.54, 1.807) is 31.4 Å². The van der Waals surface area contributed by atoms with Gasteiger partial charge >= 0.3 is 0 Å². The topological polar surface area (TPSA) is 75.7 Å². The molecule has 6 nitrogen and oxygen atoms in total. The van der Waals surface area contributed by atoms with Gasteiger partial charge in [-0.3, -0.25) is 19.7 Å². The van der Waals surface area contributed by atoms with Crippen molar-refractivity contribution in [1.82, 2.24) is 10.2 Å². The highest BCUT2D eigenvalue weighted by molar-refractivity contribution is 6.05. The average molecular weight is 262 g/mol. The van der Waals surface area contributed by atoms with Crippen molar-refractivity contribution in [2.45, 2.75) is 6.61 Å². The van der Waals surface area contributed by atoms with E-state index in [-0.39, 0.29) is 19.0 Å². The summed E-state index contributed by atoms with van der Waals surface area (Å²) >= 11 is 0. The molecule has 0 saturated carbocycles. The molecule has 1 aliphatic rings. The van der Waals surface area contributed by atoms with E-state index in [0.29, 0.717) is 12.2 Å². The third-order valence-corrected chi connectivity index (χ3v) is 2.75. The minimum Gasteiger partial charge on any atom is -0.380 e. The molecule has 2 rings (SSSR count). The molecule has 1 heterocycles. The number of ether oxygens (including phenoxy) is 1. The Labute approximate surface area is 110 Å². The molecular weight excluding hydrogens is 248 g/mol. The summed E-state index contributed by atoms with van der Waals surface area (Å²) in [4.78, 5) is 35.8. The molecule has 0 aromatic heterocycles. The quantitative estimate of drug-likeness (QED) is 0.774. The maximum absolute atomic E-state index is 12.1. The Bertz CT molecular complexity index is 494. The molecule has 1 N–H and O–H groups in total. The van der Waals surface area contributed by atoms with Gasteiger partial charge in [-0.25, -0.2) is 0 Å². The van der Waals surface area contributed by atoms with Gasteiger partial charge in [0, 0.05) is 12.7 Å². The second kappa shape index (κ2) is 5.62. The SMILES string of the molecule is COCc1ccc(C(=O)N2CC(=O)NC(=O)C2)cc1. The second-order valence-electron chi connectivity index (χ2n) is 4.26. The molecule has 100 valence electrons. The van der Waals surface area contributed by atoms with Crippen molar-refractivity contribution in [3.8, 4) is 0 Å². The molecule has 3 amide bonds. The van der Waals surface area contributed by atoms with Crippen LogP contribution in [0.5, 0.6) is 0 Å². The molecular formula is C13H14N2O4. The molecule has 19 heavy (non-hydrogen) atoms. The van der Waals surface area contributed by atoms with Crippen molar-refractivity contribution in [3.63, 3.8) is 0 Å². The minimum absolute atomic E-state index is 0.0929. The molecule has 1 aromatic rings. The highest BCUT2D eigenvalue weighted by atomic mass is 16.5. The number of nitrogens with one attached hydrogen (secondary N) is 1. The number of carbonyl (C=O) groups excluding carboxylic acids is 3. The molecule has 0 bridgehead atoms. The van der Waals surface area contributed by atoms with Crippen LogP contribution >= 0.6 is 0 Å². The van der Waals surface area contributed by atoms with E-state index in [9.17, 15) is 14.4 Å². The van der Waals surface area contributed by atoms with Gasteiger partial charge in [-0.15, -0.1) is 0 Å². The summed E-state index contributed by atoms with van der Waals surface area (Å²) in [7, 11) is 1.59. The molecule has 1 aliphatic heterocycles. The van der Waals surface area contributed by atoms with Crippen molar-refractivity contribution in [2.24, 2.45) is 0 Å². The van der Waals surface area contributed by atoms with Gasteiger partial charge in [0.2, 0.25) is 11.8 Å². The fraction of sp³-hybridized carbons (Fsp3) is 0.308. The molecule has 0 atom stereocenters. The summed E-state index contributed by atoms with van der Waals surface area (Å²) < 4.78 is 4.98. The van der Waals surface area contributed by atoms with Gasteiger partial charge in [0.05, 0.1) is 6.61 Å². The number of hydrogen-bond acceptors (Lipinski definition) is 4. The summed E-state index contributed by atoms with van der Waals surface area (Å²) in [5.41, 5.74) is 1.40. The molecule has 0 unspecified atom stereocenters. The van der Waals surface area contributed by atoms with Crippen LogP contribution in [0, 0.1) is 0 Å². The molecule has 1 fully saturated rings. The largest absolute Gasteiger partial charge is 0.380 e. The fourth-order valence-electron chi connectivity index (χ4n) is 1.87. The van der Waals surface area contributed by atoms with Crippen molar-refractivity contribution in [2.75, 3.05) is 20.2 Å². The Balaban J connectivity index is 2.10. The lowest BCUT2D eigenvalue weighted by Crippen LogP contribution is -2.53. The lowest BCUT2D eigenvalue weighted by molar-refractivity contribution is -0.135. The average Bonchev–Trinajstić information content (AvgIpc) is 2.38. The summed E-state index contributed by atoms with van der Waals surface area (Å²) in [5, 5.41) is 2.15. The van der Waals surface area contributed by atoms with E-state index in [4.69, 9.17) is 4.74 Å². The van der Waals surface area contributed by atoms with E-state index in [0.717, 1.165) is 5.56 Å². The number of imide groups is 1. The predicted molar refractivity (Wildman–Crippen MR) is 66.2 cm³/mol. The lowest BCUT2D eigenvalue weighted by Gasteiger charge is -2.25. The first-order valence-corrected chi connectivity index (χ1v) is 5.80. The van der Waals surface area contributed by atoms with Crippen molar-refractivity contribution >= 4 is 17.7 Å². The molecule has 1 aromatic carbocycles. The number of rotatable bonds is 3. The first-order chi connectivity index (χ1) is 9.10. The van der Waals surface area contributed by atoms with Gasteiger partial charge in [0.25, 0.3) is 5.91 Å². The standard InChI is InChI=1S/C13H14N2O4/c1-19-8-9-2-4-10(5-3-9)13(18)15-6-11(16)14-12(17)7-15/h2-5H,6-8H2,1H3,(H,14,16,17). The van der Waals surface area contributed by atoms with E-state index >= 15 is 0 Å². The number of piperazine rings is 1. The zero-order valence-electron chi connectivity index (χ0n) is 10.5. The Hall–Kier alpha value is -2.21. The normalized spacial score (nSPS) is 15.3. The lowest BCUT2D eigenvalue weighted by atomic mass is 10.1. The molecule has 0 spiro atoms. The molecule has 0 radical (unpaired) electrons. The Morgan fingerprint density at radius 2 is 1.79 bits per heavy atom. The van der Waals surface area contributed by atoms with Crippen LogP contribution in [0.2, 0.25) is 0 Å². The number of carbonyl (C=O) groups is 3. The van der Waals surface area contributed by atoms with Crippen molar-refractivity contribution < 1.29 is 19.1 Å². The van der Waals surface area contributed by atoms with Crippen LogP contribution in [0.4, 0.5) is 0 Å². The molecule has 6 heteroatoms. The smallest absolute Gasteiger partial charge is 0.254 e. The summed E-state index contributed by atoms with van der Waals surface area (Å²) in [6, 6.07) is 6.88. The van der Waals surface area contributed by atoms with Gasteiger partial charge in [-0.05, 0) is 17.7 Å². The van der Waals surface area contributed by atoms with Crippen LogP contribution in [-0.2, 0) is 20.9 Å². The number of nitrogens with zero attached hydrogens (tertiary/aromatic N) is 1. The monoisotopic (exact) mass is 262 g/mol. The number of methoxy groups -OCH3 is 1. The summed E-state index contributed by atoms with van der Waals surface area (Å²) in [6.07, 6.45) is 0. The third kappa shape index (κ3) is 3.17. The fourth-order valence-corrected chi connectivity index (χ4v) is 1.87. The predicted octanol–water partition coefficient (Wildman–Crippen LogP) is -0.0684. The van der Waals surface area contributed by atoms with E-state index in [2.05, 4.69) is 5.32 Å². The Kier molecular flexibility index (Phi) is 3.91. The van der Waals surface area contributed by atoms with Gasteiger partial charge < -0.3 is 9.64 Å². The van der Waals surface area contributed by atoms with Gasteiger partial charge in [0.1, 0.15) is 13.1 Å². The Morgan fingerprint density at radius 1 is 1.21 bits per heavy atom. The van der Waals surface area contributed by atoms with Crippen molar-refractivity contribution in [1.29, 1.82) is 0 Å². The molecule has 1 saturated heterocycles. The highest BCUT2D eigenvalue weighted by Crippen LogP contribution is 2.09. The Morgan fingerprint density at radius 3 is 2.32 bits per heavy atom. The maximum atomic E-state index is 12.1. The van der Waals surface area contributed by atoms with E-state index < -0.39 is 11.8 Å². The number of amides is 3. The minimum atomic E-state index is -0.458. The van der Waals surface area contributed by atoms with Crippen LogP contribution in [0.25, 0.3) is 0 Å². The van der Waals surface area contributed by atoms with Crippen molar-refractivity contribution in [3.05, 3.63) is 35.4 Å². The molecule has 0 aliphatic carbocycles. The van der Waals surface area contributed by atoms with Crippen LogP contribution in [0.3, 0.4) is 0 Å². The van der Waals surface area contributed by atoms with Gasteiger partial charge in [-0.1, -0.05) is 12.1 Å². The highest BCUT2D eigenvalue weighted by Gasteiger charge is 2.26. The zero-order valence-corrected chi connectivity index (χ0v) is 10.5. The summed E-state index contributed by atoms with van der Waals surface area (Å²) in [6.45, 7) is 0.286. The van der Waals surface area contributed by atoms with E-state index in [1.165, 1.54) is 4.90 Å². The maximum Gasteiger partial charge on any atom is 0.254 e. The van der Waals surface area contributed by atoms with Crippen LogP contribution in [-0.4, -0.2) is 42.8 Å². The van der Waals surface area contributed by atoms with E-state index in [1.807, 2.05) is 0 Å². The van der Waals surface area contributed by atoms with Gasteiger partial charge in [0.15, 0.2) is 0 Å². The van der Waals surface area contributed by atoms with Crippen LogP contribution in [0.1, 0.15) is 15.9 Å². The summed E-state index contributed by atoms with van der Waals surface area (Å²) in [5.74, 6) is -1.24. The third-order valence-electron chi connectivity index (χ3n) is 2.75. The number of hydrogen-bond donors (Lipinski definition) is 1. The second-order valence-corrected chi connectivity index (χ2v) is 4.26.